The molecule has 3 nitrogen and oxygen atoms in total. The Kier molecular flexibility index (Phi) is 3.39. The second-order valence-corrected chi connectivity index (χ2v) is 5.67. The van der Waals surface area contributed by atoms with Crippen molar-refractivity contribution in [3.05, 3.63) is 70.2 Å². The topological polar surface area (TPSA) is 69.1 Å². The summed E-state index contributed by atoms with van der Waals surface area (Å²) in [5.74, 6) is -0.101. The number of benzene rings is 3. The molecule has 0 radical (unpaired) electrons. The number of nitrogens with two attached hydrogens (primary N) is 2. The van der Waals surface area contributed by atoms with Crippen molar-refractivity contribution in [1.29, 1.82) is 0 Å². The predicted molar refractivity (Wildman–Crippen MR) is 90.3 cm³/mol. The number of halogens is 1. The summed E-state index contributed by atoms with van der Waals surface area (Å²) in [5.41, 5.74) is 13.6. The Bertz CT molecular complexity index is 859. The van der Waals surface area contributed by atoms with Crippen LogP contribution in [-0.2, 0) is 0 Å². The Morgan fingerprint density at radius 3 is 2.24 bits per heavy atom. The maximum atomic E-state index is 12.8. The number of hydrogen-bond donors (Lipinski definition) is 2. The van der Waals surface area contributed by atoms with Crippen LogP contribution in [0.25, 0.3) is 10.8 Å². The van der Waals surface area contributed by atoms with E-state index in [-0.39, 0.29) is 5.78 Å². The fourth-order valence-corrected chi connectivity index (χ4v) is 2.87. The van der Waals surface area contributed by atoms with Crippen molar-refractivity contribution < 1.29 is 4.79 Å². The zero-order chi connectivity index (χ0) is 15.0. The van der Waals surface area contributed by atoms with Crippen molar-refractivity contribution in [2.75, 3.05) is 11.5 Å². The van der Waals surface area contributed by atoms with Gasteiger partial charge in [0.15, 0.2) is 5.78 Å². The van der Waals surface area contributed by atoms with Crippen molar-refractivity contribution in [1.82, 2.24) is 0 Å². The summed E-state index contributed by atoms with van der Waals surface area (Å²) >= 11 is 3.51. The second kappa shape index (κ2) is 5.22. The Labute approximate surface area is 130 Å². The first kappa shape index (κ1) is 13.6. The molecule has 0 atom stereocenters. The zero-order valence-corrected chi connectivity index (χ0v) is 12.7. The Hall–Kier alpha value is -2.33. The number of hydrogen-bond acceptors (Lipinski definition) is 3. The van der Waals surface area contributed by atoms with E-state index in [1.165, 1.54) is 0 Å². The smallest absolute Gasteiger partial charge is 0.195 e. The average Bonchev–Trinajstić information content (AvgIpc) is 2.47. The third-order valence-electron chi connectivity index (χ3n) is 3.44. The van der Waals surface area contributed by atoms with Gasteiger partial charge in [-0.2, -0.15) is 0 Å². The SMILES string of the molecule is Nc1ccc(C(=O)c2ccc(Br)c3ccccc23)c(N)c1. The van der Waals surface area contributed by atoms with Gasteiger partial charge in [-0.1, -0.05) is 40.2 Å². The summed E-state index contributed by atoms with van der Waals surface area (Å²) in [5, 5.41) is 1.89. The second-order valence-electron chi connectivity index (χ2n) is 4.82. The molecular formula is C17H13BrN2O. The molecular weight excluding hydrogens is 328 g/mol. The van der Waals surface area contributed by atoms with E-state index in [2.05, 4.69) is 15.9 Å². The highest BCUT2D eigenvalue weighted by atomic mass is 79.9. The molecule has 21 heavy (non-hydrogen) atoms. The maximum Gasteiger partial charge on any atom is 0.195 e. The van der Waals surface area contributed by atoms with Gasteiger partial charge in [-0.15, -0.1) is 0 Å². The van der Waals surface area contributed by atoms with E-state index in [4.69, 9.17) is 11.5 Å². The summed E-state index contributed by atoms with van der Waals surface area (Å²) in [4.78, 5) is 12.8. The quantitative estimate of drug-likeness (QED) is 0.547. The summed E-state index contributed by atoms with van der Waals surface area (Å²) in [6, 6.07) is 16.4. The zero-order valence-electron chi connectivity index (χ0n) is 11.1. The van der Waals surface area contributed by atoms with Gasteiger partial charge >= 0.3 is 0 Å². The lowest BCUT2D eigenvalue weighted by molar-refractivity contribution is 0.104. The van der Waals surface area contributed by atoms with Crippen LogP contribution in [0.2, 0.25) is 0 Å². The molecule has 0 amide bonds. The van der Waals surface area contributed by atoms with Gasteiger partial charge in [-0.25, -0.2) is 0 Å². The number of carbonyl (C=O) groups excluding carboxylic acids is 1. The van der Waals surface area contributed by atoms with E-state index < -0.39 is 0 Å². The van der Waals surface area contributed by atoms with Crippen LogP contribution in [0, 0.1) is 0 Å². The van der Waals surface area contributed by atoms with Gasteiger partial charge in [-0.3, -0.25) is 4.79 Å². The van der Waals surface area contributed by atoms with E-state index in [1.807, 2.05) is 36.4 Å². The van der Waals surface area contributed by atoms with E-state index in [0.717, 1.165) is 15.2 Å². The van der Waals surface area contributed by atoms with Crippen molar-refractivity contribution in [2.24, 2.45) is 0 Å². The van der Waals surface area contributed by atoms with Crippen LogP contribution in [0.3, 0.4) is 0 Å². The van der Waals surface area contributed by atoms with Gasteiger partial charge in [0.1, 0.15) is 0 Å². The van der Waals surface area contributed by atoms with Crippen LogP contribution in [0.15, 0.2) is 59.1 Å². The molecule has 4 heteroatoms. The largest absolute Gasteiger partial charge is 0.399 e. The third kappa shape index (κ3) is 2.38. The molecule has 0 saturated carbocycles. The summed E-state index contributed by atoms with van der Waals surface area (Å²) in [6.45, 7) is 0. The van der Waals surface area contributed by atoms with Crippen LogP contribution < -0.4 is 11.5 Å². The number of nitrogen functional groups attached to an aromatic ring is 2. The predicted octanol–water partition coefficient (Wildman–Crippen LogP) is 4.00. The summed E-state index contributed by atoms with van der Waals surface area (Å²) in [6.07, 6.45) is 0. The van der Waals surface area contributed by atoms with Gasteiger partial charge in [-0.05, 0) is 41.1 Å². The number of carbonyl (C=O) groups is 1. The minimum Gasteiger partial charge on any atom is -0.399 e. The van der Waals surface area contributed by atoms with E-state index in [9.17, 15) is 4.79 Å². The molecule has 3 aromatic carbocycles. The number of anilines is 2. The summed E-state index contributed by atoms with van der Waals surface area (Å²) in [7, 11) is 0. The highest BCUT2D eigenvalue weighted by molar-refractivity contribution is 9.10. The Balaban J connectivity index is 2.21. The molecule has 0 aliphatic carbocycles. The maximum absolute atomic E-state index is 12.8. The van der Waals surface area contributed by atoms with Gasteiger partial charge in [0.05, 0.1) is 0 Å². The molecule has 3 rings (SSSR count). The highest BCUT2D eigenvalue weighted by Crippen LogP contribution is 2.29. The van der Waals surface area contributed by atoms with Gasteiger partial charge in [0.25, 0.3) is 0 Å². The molecule has 0 spiro atoms. The molecule has 0 bridgehead atoms. The van der Waals surface area contributed by atoms with E-state index in [1.54, 1.807) is 18.2 Å². The van der Waals surface area contributed by atoms with Gasteiger partial charge < -0.3 is 11.5 Å². The van der Waals surface area contributed by atoms with Crippen molar-refractivity contribution in [3.8, 4) is 0 Å². The lowest BCUT2D eigenvalue weighted by Crippen LogP contribution is -2.06. The number of rotatable bonds is 2. The molecule has 104 valence electrons. The van der Waals surface area contributed by atoms with Crippen molar-refractivity contribution in [2.45, 2.75) is 0 Å². The molecule has 0 fully saturated rings. The molecule has 0 aliphatic heterocycles. The first-order valence-corrected chi connectivity index (χ1v) is 7.24. The molecule has 0 aromatic heterocycles. The average molecular weight is 341 g/mol. The van der Waals surface area contributed by atoms with E-state index in [0.29, 0.717) is 22.5 Å². The minimum absolute atomic E-state index is 0.101. The first-order chi connectivity index (χ1) is 10.1. The normalized spacial score (nSPS) is 10.7. The molecule has 0 heterocycles. The van der Waals surface area contributed by atoms with Crippen molar-refractivity contribution in [3.63, 3.8) is 0 Å². The highest BCUT2D eigenvalue weighted by Gasteiger charge is 2.16. The lowest BCUT2D eigenvalue weighted by Gasteiger charge is -2.09. The van der Waals surface area contributed by atoms with Gasteiger partial charge in [0.2, 0.25) is 0 Å². The van der Waals surface area contributed by atoms with Gasteiger partial charge in [0, 0.05) is 27.0 Å². The minimum atomic E-state index is -0.101. The van der Waals surface area contributed by atoms with Crippen LogP contribution in [0.1, 0.15) is 15.9 Å². The molecule has 4 N–H and O–H groups in total. The van der Waals surface area contributed by atoms with Crippen LogP contribution >= 0.6 is 15.9 Å². The van der Waals surface area contributed by atoms with Crippen LogP contribution in [-0.4, -0.2) is 5.78 Å². The van der Waals surface area contributed by atoms with E-state index >= 15 is 0 Å². The molecule has 3 aromatic rings. The fraction of sp³-hybridized carbons (Fsp3) is 0. The van der Waals surface area contributed by atoms with Crippen LogP contribution in [0.4, 0.5) is 11.4 Å². The molecule has 0 aliphatic rings. The van der Waals surface area contributed by atoms with Crippen molar-refractivity contribution >= 4 is 43.9 Å². The number of fused-ring (bicyclic) bond motifs is 1. The fourth-order valence-electron chi connectivity index (χ4n) is 2.39. The third-order valence-corrected chi connectivity index (χ3v) is 4.13. The summed E-state index contributed by atoms with van der Waals surface area (Å²) < 4.78 is 0.958. The Morgan fingerprint density at radius 1 is 0.857 bits per heavy atom. The molecule has 0 unspecified atom stereocenters. The monoisotopic (exact) mass is 340 g/mol. The first-order valence-electron chi connectivity index (χ1n) is 6.45. The lowest BCUT2D eigenvalue weighted by atomic mass is 9.96. The standard InChI is InChI=1S/C17H13BrN2O/c18-15-8-7-13(11-3-1-2-4-12(11)15)17(21)14-6-5-10(19)9-16(14)20/h1-9H,19-20H2. The molecule has 0 saturated heterocycles. The number of ketones is 1. The Morgan fingerprint density at radius 2 is 1.52 bits per heavy atom. The van der Waals surface area contributed by atoms with Crippen LogP contribution in [0.5, 0.6) is 0 Å².